The van der Waals surface area contributed by atoms with Crippen molar-refractivity contribution in [1.29, 1.82) is 0 Å². The van der Waals surface area contributed by atoms with Crippen LogP contribution >= 0.6 is 0 Å². The molecule has 0 spiro atoms. The van der Waals surface area contributed by atoms with Crippen molar-refractivity contribution in [2.24, 2.45) is 0 Å². The van der Waals surface area contributed by atoms with Gasteiger partial charge in [0.15, 0.2) is 0 Å². The van der Waals surface area contributed by atoms with Gasteiger partial charge < -0.3 is 20.6 Å². The summed E-state index contributed by atoms with van der Waals surface area (Å²) in [5.74, 6) is -1.68. The fourth-order valence-electron chi connectivity index (χ4n) is 4.74. The van der Waals surface area contributed by atoms with Crippen molar-refractivity contribution in [3.05, 3.63) is 70.8 Å². The van der Waals surface area contributed by atoms with Crippen molar-refractivity contribution >= 4 is 5.91 Å². The predicted molar refractivity (Wildman–Crippen MR) is 131 cm³/mol. The number of amides is 1. The monoisotopic (exact) mass is 473 g/mol. The average molecular weight is 474 g/mol. The fraction of sp³-hybridized carbons (Fsp3) is 0.519. The van der Waals surface area contributed by atoms with E-state index < -0.39 is 23.8 Å². The predicted octanol–water partition coefficient (Wildman–Crippen LogP) is 3.49. The van der Waals surface area contributed by atoms with Crippen LogP contribution in [0, 0.1) is 11.6 Å². The van der Waals surface area contributed by atoms with E-state index in [1.165, 1.54) is 30.2 Å². The number of hydrogen-bond acceptors (Lipinski definition) is 4. The lowest BCUT2D eigenvalue weighted by Gasteiger charge is -2.35. The summed E-state index contributed by atoms with van der Waals surface area (Å²) in [5.41, 5.74) is 2.45. The molecule has 5 nitrogen and oxygen atoms in total. The first-order chi connectivity index (χ1) is 15.9. The topological polar surface area (TPSA) is 64.6 Å². The van der Waals surface area contributed by atoms with Gasteiger partial charge in [-0.3, -0.25) is 4.79 Å². The van der Waals surface area contributed by atoms with Gasteiger partial charge in [0.1, 0.15) is 11.6 Å². The van der Waals surface area contributed by atoms with Gasteiger partial charge in [0.2, 0.25) is 5.91 Å². The number of aliphatic hydroxyl groups is 1. The normalized spacial score (nSPS) is 20.8. The Bertz CT molecular complexity index is 987. The third-order valence-corrected chi connectivity index (χ3v) is 6.62. The minimum absolute atomic E-state index is 0.0119. The standard InChI is InChI=1S/C27H37F2N3O2/c1-18(33)31-24(13-19-11-22(28)15-23(29)12-19)25(34)16-30-27(9-10-32(5)17-27)21-8-6-7-20(14-21)26(2,3)4/h6-8,11-12,14-15,24-25,30,34H,9-10,13,16-17H2,1-5H3,(H,31,33)/t24-,25+,27?/m0/s1. The Morgan fingerprint density at radius 2 is 1.85 bits per heavy atom. The smallest absolute Gasteiger partial charge is 0.217 e. The van der Waals surface area contributed by atoms with Crippen LogP contribution in [0.3, 0.4) is 0 Å². The highest BCUT2D eigenvalue weighted by atomic mass is 19.1. The third-order valence-electron chi connectivity index (χ3n) is 6.62. The van der Waals surface area contributed by atoms with Crippen LogP contribution in [-0.4, -0.2) is 54.7 Å². The quantitative estimate of drug-likeness (QED) is 0.549. The lowest BCUT2D eigenvalue weighted by Crippen LogP contribution is -2.53. The molecule has 7 heteroatoms. The molecule has 0 bridgehead atoms. The molecule has 3 N–H and O–H groups in total. The summed E-state index contributed by atoms with van der Waals surface area (Å²) in [7, 11) is 2.08. The summed E-state index contributed by atoms with van der Waals surface area (Å²) in [6.45, 7) is 9.84. The molecular formula is C27H37F2N3O2. The highest BCUT2D eigenvalue weighted by Gasteiger charge is 2.39. The van der Waals surface area contributed by atoms with Crippen molar-refractivity contribution in [3.8, 4) is 0 Å². The van der Waals surface area contributed by atoms with E-state index in [1.807, 2.05) is 0 Å². The first-order valence-corrected chi connectivity index (χ1v) is 11.8. The number of aliphatic hydroxyl groups excluding tert-OH is 1. The minimum Gasteiger partial charge on any atom is -0.390 e. The number of carbonyl (C=O) groups excluding carboxylic acids is 1. The Labute approximate surface area is 201 Å². The largest absolute Gasteiger partial charge is 0.390 e. The number of nitrogens with zero attached hydrogens (tertiary/aromatic N) is 1. The Kier molecular flexibility index (Phi) is 8.11. The molecule has 0 saturated carbocycles. The molecule has 0 aliphatic carbocycles. The molecular weight excluding hydrogens is 436 g/mol. The molecule has 0 aromatic heterocycles. The lowest BCUT2D eigenvalue weighted by atomic mass is 9.81. The second-order valence-electron chi connectivity index (χ2n) is 10.6. The molecule has 3 atom stereocenters. The van der Waals surface area contributed by atoms with E-state index in [2.05, 4.69) is 67.6 Å². The highest BCUT2D eigenvalue weighted by Crippen LogP contribution is 2.34. The van der Waals surface area contributed by atoms with Crippen LogP contribution in [0.5, 0.6) is 0 Å². The summed E-state index contributed by atoms with van der Waals surface area (Å²) < 4.78 is 27.4. The molecule has 2 aromatic carbocycles. The molecule has 1 aliphatic heterocycles. The Morgan fingerprint density at radius 1 is 1.18 bits per heavy atom. The SMILES string of the molecule is CC(=O)N[C@@H](Cc1cc(F)cc(F)c1)[C@H](O)CNC1(c2cccc(C(C)(C)C)c2)CCN(C)C1. The molecule has 2 aromatic rings. The number of halogens is 2. The van der Waals surface area contributed by atoms with Crippen LogP contribution < -0.4 is 10.6 Å². The number of nitrogens with one attached hydrogen (secondary N) is 2. The van der Waals surface area contributed by atoms with Crippen LogP contribution in [0.4, 0.5) is 8.78 Å². The van der Waals surface area contributed by atoms with Crippen LogP contribution in [0.2, 0.25) is 0 Å². The van der Waals surface area contributed by atoms with E-state index in [1.54, 1.807) is 0 Å². The number of likely N-dealkylation sites (tertiary alicyclic amines) is 1. The van der Waals surface area contributed by atoms with Crippen LogP contribution in [0.25, 0.3) is 0 Å². The number of rotatable bonds is 8. The maximum Gasteiger partial charge on any atom is 0.217 e. The van der Waals surface area contributed by atoms with Gasteiger partial charge >= 0.3 is 0 Å². The van der Waals surface area contributed by atoms with Gasteiger partial charge in [0.05, 0.1) is 17.7 Å². The van der Waals surface area contributed by atoms with Crippen LogP contribution in [0.1, 0.15) is 50.8 Å². The maximum absolute atomic E-state index is 13.7. The second-order valence-corrected chi connectivity index (χ2v) is 10.6. The summed E-state index contributed by atoms with van der Waals surface area (Å²) >= 11 is 0. The molecule has 1 amide bonds. The number of likely N-dealkylation sites (N-methyl/N-ethyl adjacent to an activating group) is 1. The second kappa shape index (κ2) is 10.5. The van der Waals surface area contributed by atoms with Gasteiger partial charge in [-0.1, -0.05) is 45.0 Å². The van der Waals surface area contributed by atoms with Gasteiger partial charge in [-0.15, -0.1) is 0 Å². The fourth-order valence-corrected chi connectivity index (χ4v) is 4.74. The molecule has 186 valence electrons. The average Bonchev–Trinajstić information content (AvgIpc) is 3.12. The zero-order valence-electron chi connectivity index (χ0n) is 20.8. The summed E-state index contributed by atoms with van der Waals surface area (Å²) in [6.07, 6.45) is 0.0385. The van der Waals surface area contributed by atoms with Crippen molar-refractivity contribution < 1.29 is 18.7 Å². The van der Waals surface area contributed by atoms with Gasteiger partial charge in [-0.2, -0.15) is 0 Å². The van der Waals surface area contributed by atoms with Crippen LogP contribution in [-0.2, 0) is 22.2 Å². The number of carbonyl (C=O) groups is 1. The Balaban J connectivity index is 1.81. The molecule has 1 aliphatic rings. The molecule has 1 heterocycles. The maximum atomic E-state index is 13.7. The molecule has 3 rings (SSSR count). The Hall–Kier alpha value is -2.35. The summed E-state index contributed by atoms with van der Waals surface area (Å²) in [6, 6.07) is 11.1. The van der Waals surface area contributed by atoms with Crippen LogP contribution in [0.15, 0.2) is 42.5 Å². The number of hydrogen-bond donors (Lipinski definition) is 3. The van der Waals surface area contributed by atoms with E-state index in [-0.39, 0.29) is 29.8 Å². The molecule has 1 saturated heterocycles. The molecule has 1 fully saturated rings. The summed E-state index contributed by atoms with van der Waals surface area (Å²) in [5, 5.41) is 17.4. The van der Waals surface area contributed by atoms with E-state index >= 15 is 0 Å². The highest BCUT2D eigenvalue weighted by molar-refractivity contribution is 5.73. The zero-order valence-corrected chi connectivity index (χ0v) is 20.8. The van der Waals surface area contributed by atoms with Crippen molar-refractivity contribution in [2.45, 2.75) is 63.6 Å². The molecule has 34 heavy (non-hydrogen) atoms. The van der Waals surface area contributed by atoms with E-state index in [0.717, 1.165) is 25.6 Å². The third kappa shape index (κ3) is 6.62. The van der Waals surface area contributed by atoms with E-state index in [0.29, 0.717) is 5.56 Å². The van der Waals surface area contributed by atoms with E-state index in [4.69, 9.17) is 0 Å². The number of benzene rings is 2. The van der Waals surface area contributed by atoms with E-state index in [9.17, 15) is 18.7 Å². The van der Waals surface area contributed by atoms with Gasteiger partial charge in [-0.25, -0.2) is 8.78 Å². The first kappa shape index (κ1) is 26.3. The Morgan fingerprint density at radius 3 is 2.41 bits per heavy atom. The first-order valence-electron chi connectivity index (χ1n) is 11.8. The van der Waals surface area contributed by atoms with Crippen molar-refractivity contribution in [3.63, 3.8) is 0 Å². The molecule has 0 radical (unpaired) electrons. The minimum atomic E-state index is -0.955. The lowest BCUT2D eigenvalue weighted by molar-refractivity contribution is -0.120. The zero-order chi connectivity index (χ0) is 25.1. The van der Waals surface area contributed by atoms with Gasteiger partial charge in [-0.05, 0) is 54.1 Å². The van der Waals surface area contributed by atoms with Gasteiger partial charge in [0, 0.05) is 32.6 Å². The molecule has 1 unspecified atom stereocenters. The van der Waals surface area contributed by atoms with Crippen molar-refractivity contribution in [2.75, 3.05) is 26.7 Å². The van der Waals surface area contributed by atoms with Crippen molar-refractivity contribution in [1.82, 2.24) is 15.5 Å². The van der Waals surface area contributed by atoms with Gasteiger partial charge in [0.25, 0.3) is 0 Å². The summed E-state index contributed by atoms with van der Waals surface area (Å²) in [4.78, 5) is 14.1.